The molecule has 4 amide bonds. The third kappa shape index (κ3) is 8.33. The lowest BCUT2D eigenvalue weighted by atomic mass is 9.84. The molecule has 0 saturated carbocycles. The summed E-state index contributed by atoms with van der Waals surface area (Å²) in [5.41, 5.74) is 9.42. The monoisotopic (exact) mass is 867 g/mol. The van der Waals surface area contributed by atoms with Gasteiger partial charge in [-0.2, -0.15) is 0 Å². The minimum absolute atomic E-state index is 0.117. The van der Waals surface area contributed by atoms with Crippen LogP contribution in [0.4, 0.5) is 4.79 Å². The van der Waals surface area contributed by atoms with Gasteiger partial charge in [0.2, 0.25) is 5.91 Å². The number of likely N-dealkylation sites (N-methyl/N-ethyl adjacent to an activating group) is 1. The van der Waals surface area contributed by atoms with Crippen molar-refractivity contribution in [1.82, 2.24) is 45.4 Å². The Hall–Kier alpha value is -4.90. The molecule has 4 aromatic rings. The quantitative estimate of drug-likeness (QED) is 0.198. The fourth-order valence-electron chi connectivity index (χ4n) is 9.81. The highest BCUT2D eigenvalue weighted by molar-refractivity contribution is 7.10. The lowest BCUT2D eigenvalue weighted by molar-refractivity contribution is -0.155. The number of ether oxygens (including phenoxy) is 2. The van der Waals surface area contributed by atoms with Gasteiger partial charge in [-0.3, -0.25) is 24.4 Å². The van der Waals surface area contributed by atoms with Gasteiger partial charge in [0.05, 0.1) is 40.8 Å². The molecular formula is C46H61N9O6S. The number of aromatic nitrogens is 3. The van der Waals surface area contributed by atoms with Crippen LogP contribution < -0.4 is 16.1 Å². The van der Waals surface area contributed by atoms with Crippen molar-refractivity contribution in [1.29, 1.82) is 0 Å². The van der Waals surface area contributed by atoms with Crippen LogP contribution in [-0.4, -0.2) is 124 Å². The number of rotatable bonds is 8. The number of urea groups is 1. The minimum atomic E-state index is -1.03. The van der Waals surface area contributed by atoms with E-state index in [1.54, 1.807) is 20.4 Å². The second-order valence-electron chi connectivity index (χ2n) is 18.4. The van der Waals surface area contributed by atoms with E-state index in [-0.39, 0.29) is 43.0 Å². The van der Waals surface area contributed by atoms with Crippen LogP contribution in [-0.2, 0) is 43.2 Å². The first-order valence-electron chi connectivity index (χ1n) is 22.1. The third-order valence-corrected chi connectivity index (χ3v) is 14.0. The molecule has 7 heterocycles. The summed E-state index contributed by atoms with van der Waals surface area (Å²) in [6.45, 7) is 14.8. The summed E-state index contributed by atoms with van der Waals surface area (Å²) in [7, 11) is 3.36. The summed E-state index contributed by atoms with van der Waals surface area (Å²) >= 11 is 1.43. The van der Waals surface area contributed by atoms with E-state index in [1.165, 1.54) is 21.2 Å². The summed E-state index contributed by atoms with van der Waals surface area (Å²) in [6.07, 6.45) is 4.20. The van der Waals surface area contributed by atoms with Crippen molar-refractivity contribution >= 4 is 46.1 Å². The van der Waals surface area contributed by atoms with Crippen molar-refractivity contribution < 1.29 is 28.7 Å². The number of methoxy groups -OCH3 is 1. The molecule has 0 radical (unpaired) electrons. The first-order chi connectivity index (χ1) is 29.7. The lowest BCUT2D eigenvalue weighted by Gasteiger charge is -2.47. The Morgan fingerprint density at radius 2 is 1.97 bits per heavy atom. The van der Waals surface area contributed by atoms with Gasteiger partial charge in [0, 0.05) is 85.3 Å². The second-order valence-corrected chi connectivity index (χ2v) is 19.4. The number of aryl methyl sites for hydroxylation is 1. The number of hydrogen-bond donors (Lipinski definition) is 3. The Morgan fingerprint density at radius 1 is 1.16 bits per heavy atom. The molecule has 15 nitrogen and oxygen atoms in total. The topological polar surface area (TPSA) is 163 Å². The van der Waals surface area contributed by atoms with Crippen molar-refractivity contribution in [2.75, 3.05) is 40.4 Å². The number of amides is 4. The number of benzene rings is 1. The van der Waals surface area contributed by atoms with E-state index in [2.05, 4.69) is 65.7 Å². The predicted octanol–water partition coefficient (Wildman–Crippen LogP) is 5.33. The van der Waals surface area contributed by atoms with Crippen LogP contribution in [0.2, 0.25) is 0 Å². The van der Waals surface area contributed by atoms with E-state index in [0.717, 1.165) is 57.6 Å². The number of esters is 1. The first-order valence-corrected chi connectivity index (χ1v) is 23.0. The first kappa shape index (κ1) is 43.7. The molecule has 3 N–H and O–H groups in total. The van der Waals surface area contributed by atoms with E-state index >= 15 is 0 Å². The minimum Gasteiger partial charge on any atom is -0.464 e. The highest BCUT2D eigenvalue weighted by Crippen LogP contribution is 2.42. The number of carbonyl (C=O) groups is 4. The van der Waals surface area contributed by atoms with Crippen molar-refractivity contribution in [2.45, 2.75) is 117 Å². The van der Waals surface area contributed by atoms with Gasteiger partial charge in [-0.15, -0.1) is 11.3 Å². The Balaban J connectivity index is 1.17. The van der Waals surface area contributed by atoms with Crippen LogP contribution in [0.25, 0.3) is 33.4 Å². The number of hydrogen-bond acceptors (Lipinski definition) is 11. The zero-order chi connectivity index (χ0) is 44.0. The molecule has 8 rings (SSSR count). The molecule has 6 atom stereocenters. The number of nitrogens with one attached hydrogen (secondary N) is 3. The Kier molecular flexibility index (Phi) is 12.5. The maximum atomic E-state index is 14.6. The number of nitrogens with zero attached hydrogens (tertiary/aromatic N) is 6. The standard InChI is InChI=1S/C46H61N9O6S/c1-9-53-36-15-14-28-20-30(36)31(41(53)29-12-10-17-48-39(29)27(4)60-8)22-46(5,6)25-61-44(58)32-13-11-19-55(51-32)43(57)33(21-38-49-35(28)24-62-38)50-42(56)40(26(2)3)52(7)45(59)54-23-34-37(54)16-18-47-34/h10,12,14-15,17,20,24,26-27,32-34,37,40,47,51H,9,11,13,16,18-19,21-23,25H2,1-8H3,(H,50,56)/t27-,32-,33-,34+,37+,40-/m0/s1. The Labute approximate surface area is 367 Å². The van der Waals surface area contributed by atoms with Crippen LogP contribution in [0.1, 0.15) is 83.2 Å². The molecular weight excluding hydrogens is 807 g/mol. The molecule has 3 aromatic heterocycles. The van der Waals surface area contributed by atoms with Crippen LogP contribution in [0.15, 0.2) is 41.9 Å². The highest BCUT2D eigenvalue weighted by atomic mass is 32.1. The SMILES string of the molecule is CCn1c(-c2cccnc2[C@H](C)OC)c2c3cc(ccc31)-c1csc(n1)C[C@H](NC(=O)[C@H](C(C)C)N(C)C(=O)N1C[C@H]3NCC[C@H]31)C(=O)N1CCC[C@H](N1)C(=O)OCC(C)(C)C2. The average Bonchev–Trinajstić information content (AvgIpc) is 3.96. The fraction of sp³-hybridized carbons (Fsp3) is 0.565. The molecule has 1 aromatic carbocycles. The molecule has 0 aliphatic carbocycles. The van der Waals surface area contributed by atoms with Crippen molar-refractivity contribution in [3.8, 4) is 22.5 Å². The third-order valence-electron chi connectivity index (χ3n) is 13.1. The van der Waals surface area contributed by atoms with Gasteiger partial charge < -0.3 is 34.5 Å². The second kappa shape index (κ2) is 17.7. The van der Waals surface area contributed by atoms with Gasteiger partial charge in [0.15, 0.2) is 0 Å². The normalized spacial score (nSPS) is 23.6. The smallest absolute Gasteiger partial charge is 0.324 e. The van der Waals surface area contributed by atoms with Crippen molar-refractivity contribution in [3.63, 3.8) is 0 Å². The Morgan fingerprint density at radius 3 is 2.71 bits per heavy atom. The summed E-state index contributed by atoms with van der Waals surface area (Å²) in [5, 5.41) is 11.7. The Bertz CT molecular complexity index is 2340. The molecule has 0 unspecified atom stereocenters. The van der Waals surface area contributed by atoms with Crippen LogP contribution in [0.5, 0.6) is 0 Å². The maximum Gasteiger partial charge on any atom is 0.324 e. The van der Waals surface area contributed by atoms with Gasteiger partial charge in [-0.1, -0.05) is 33.8 Å². The lowest BCUT2D eigenvalue weighted by Crippen LogP contribution is -2.67. The summed E-state index contributed by atoms with van der Waals surface area (Å²) in [6, 6.07) is 8.08. The van der Waals surface area contributed by atoms with Gasteiger partial charge in [-0.25, -0.2) is 15.2 Å². The number of likely N-dealkylation sites (tertiary alicyclic amines) is 1. The number of cyclic esters (lactones) is 1. The molecule has 62 heavy (non-hydrogen) atoms. The largest absolute Gasteiger partial charge is 0.464 e. The molecule has 332 valence electrons. The summed E-state index contributed by atoms with van der Waals surface area (Å²) < 4.78 is 14.2. The predicted molar refractivity (Wildman–Crippen MR) is 238 cm³/mol. The van der Waals surface area contributed by atoms with E-state index in [9.17, 15) is 19.2 Å². The average molecular weight is 868 g/mol. The number of thiazole rings is 1. The van der Waals surface area contributed by atoms with Gasteiger partial charge >= 0.3 is 12.0 Å². The molecule has 0 spiro atoms. The van der Waals surface area contributed by atoms with Crippen molar-refractivity contribution in [2.24, 2.45) is 11.3 Å². The maximum absolute atomic E-state index is 14.6. The summed E-state index contributed by atoms with van der Waals surface area (Å²) in [4.78, 5) is 69.8. The molecule has 4 aliphatic heterocycles. The number of fused-ring (bicyclic) bond motifs is 7. The van der Waals surface area contributed by atoms with E-state index in [0.29, 0.717) is 49.9 Å². The molecule has 6 bridgehead atoms. The molecule has 3 saturated heterocycles. The zero-order valence-corrected chi connectivity index (χ0v) is 38.0. The zero-order valence-electron chi connectivity index (χ0n) is 37.2. The van der Waals surface area contributed by atoms with Gasteiger partial charge in [0.25, 0.3) is 5.91 Å². The van der Waals surface area contributed by atoms with E-state index < -0.39 is 35.4 Å². The van der Waals surface area contributed by atoms with Gasteiger partial charge in [0.1, 0.15) is 18.1 Å². The summed E-state index contributed by atoms with van der Waals surface area (Å²) in [5.74, 6) is -1.48. The molecule has 4 aliphatic rings. The van der Waals surface area contributed by atoms with Crippen LogP contribution >= 0.6 is 11.3 Å². The van der Waals surface area contributed by atoms with Crippen molar-refractivity contribution in [3.05, 3.63) is 58.2 Å². The number of carbonyl (C=O) groups excluding carboxylic acids is 4. The highest BCUT2D eigenvalue weighted by Gasteiger charge is 2.47. The number of hydrazine groups is 1. The van der Waals surface area contributed by atoms with E-state index in [4.69, 9.17) is 19.4 Å². The fourth-order valence-corrected chi connectivity index (χ4v) is 10.7. The van der Waals surface area contributed by atoms with Crippen LogP contribution in [0.3, 0.4) is 0 Å². The van der Waals surface area contributed by atoms with Gasteiger partial charge in [-0.05, 0) is 81.8 Å². The molecule has 3 fully saturated rings. The van der Waals surface area contributed by atoms with E-state index in [1.807, 2.05) is 37.1 Å². The number of pyridine rings is 1. The van der Waals surface area contributed by atoms with Crippen LogP contribution in [0, 0.1) is 11.3 Å². The molecule has 16 heteroatoms.